The minimum Gasteiger partial charge on any atom is -0.340 e. The fourth-order valence-corrected chi connectivity index (χ4v) is 6.09. The predicted octanol–water partition coefficient (Wildman–Crippen LogP) is 3.02. The summed E-state index contributed by atoms with van der Waals surface area (Å²) in [6, 6.07) is 0. The van der Waals surface area contributed by atoms with Gasteiger partial charge in [0, 0.05) is 20.6 Å². The minimum absolute atomic E-state index is 0.133. The first-order chi connectivity index (χ1) is 10.5. The van der Waals surface area contributed by atoms with E-state index in [4.69, 9.17) is 0 Å². The number of carbonyl (C=O) groups excluding carboxylic acids is 1. The average molecular weight is 301 g/mol. The van der Waals surface area contributed by atoms with Crippen molar-refractivity contribution in [3.8, 4) is 0 Å². The maximum atomic E-state index is 12.8. The monoisotopic (exact) mass is 301 g/mol. The lowest BCUT2D eigenvalue weighted by Gasteiger charge is -2.57. The van der Waals surface area contributed by atoms with Gasteiger partial charge < -0.3 is 9.47 Å². The molecule has 120 valence electrons. The number of rotatable bonds is 3. The molecule has 1 aromatic heterocycles. The number of imidazole rings is 1. The molecule has 0 radical (unpaired) electrons. The molecule has 4 heteroatoms. The lowest BCUT2D eigenvalue weighted by Crippen LogP contribution is -2.51. The SMILES string of the molecule is Cc1ncn(C)c1C(=O)N(C)CC12CC3CC(CC(C3)C1)C2. The summed E-state index contributed by atoms with van der Waals surface area (Å²) in [4.78, 5) is 19.1. The zero-order chi connectivity index (χ0) is 15.5. The van der Waals surface area contributed by atoms with Crippen LogP contribution in [-0.2, 0) is 7.05 Å². The molecule has 5 rings (SSSR count). The maximum Gasteiger partial charge on any atom is 0.272 e. The summed E-state index contributed by atoms with van der Waals surface area (Å²) in [5, 5.41) is 0. The lowest BCUT2D eigenvalue weighted by molar-refractivity contribution is -0.0629. The molecule has 0 atom stereocenters. The summed E-state index contributed by atoms with van der Waals surface area (Å²) in [6.07, 6.45) is 10.2. The fourth-order valence-electron chi connectivity index (χ4n) is 6.09. The number of aryl methyl sites for hydroxylation is 2. The zero-order valence-electron chi connectivity index (χ0n) is 14.0. The van der Waals surface area contributed by atoms with Crippen molar-refractivity contribution in [2.24, 2.45) is 30.2 Å². The third kappa shape index (κ3) is 2.19. The molecular weight excluding hydrogens is 274 g/mol. The van der Waals surface area contributed by atoms with Crippen LogP contribution >= 0.6 is 0 Å². The van der Waals surface area contributed by atoms with Crippen LogP contribution in [0.3, 0.4) is 0 Å². The summed E-state index contributed by atoms with van der Waals surface area (Å²) in [5.41, 5.74) is 1.99. The Balaban J connectivity index is 1.52. The van der Waals surface area contributed by atoms with Crippen molar-refractivity contribution < 1.29 is 4.79 Å². The van der Waals surface area contributed by atoms with Gasteiger partial charge in [0.05, 0.1) is 12.0 Å². The Morgan fingerprint density at radius 3 is 2.27 bits per heavy atom. The highest BCUT2D eigenvalue weighted by molar-refractivity contribution is 5.93. The molecule has 4 nitrogen and oxygen atoms in total. The molecule has 0 N–H and O–H groups in total. The summed E-state index contributed by atoms with van der Waals surface area (Å²) in [7, 11) is 3.89. The van der Waals surface area contributed by atoms with Crippen LogP contribution in [-0.4, -0.2) is 34.0 Å². The third-order valence-electron chi connectivity index (χ3n) is 6.41. The Hall–Kier alpha value is -1.32. The second-order valence-electron chi connectivity index (χ2n) is 8.37. The van der Waals surface area contributed by atoms with Crippen LogP contribution in [0.15, 0.2) is 6.33 Å². The van der Waals surface area contributed by atoms with Crippen molar-refractivity contribution in [3.05, 3.63) is 17.7 Å². The molecule has 0 unspecified atom stereocenters. The number of aromatic nitrogens is 2. The van der Waals surface area contributed by atoms with E-state index < -0.39 is 0 Å². The Morgan fingerprint density at radius 1 is 1.27 bits per heavy atom. The van der Waals surface area contributed by atoms with Gasteiger partial charge in [-0.05, 0) is 68.6 Å². The smallest absolute Gasteiger partial charge is 0.272 e. The molecule has 0 aromatic carbocycles. The van der Waals surface area contributed by atoms with E-state index in [1.54, 1.807) is 6.33 Å². The van der Waals surface area contributed by atoms with Crippen molar-refractivity contribution in [2.75, 3.05) is 13.6 Å². The highest BCUT2D eigenvalue weighted by atomic mass is 16.2. The van der Waals surface area contributed by atoms with Crippen molar-refractivity contribution >= 4 is 5.91 Å². The number of amides is 1. The van der Waals surface area contributed by atoms with E-state index in [-0.39, 0.29) is 5.91 Å². The maximum absolute atomic E-state index is 12.8. The number of hydrogen-bond donors (Lipinski definition) is 0. The molecule has 1 amide bonds. The van der Waals surface area contributed by atoms with Crippen LogP contribution in [0.25, 0.3) is 0 Å². The largest absolute Gasteiger partial charge is 0.340 e. The zero-order valence-corrected chi connectivity index (χ0v) is 14.0. The van der Waals surface area contributed by atoms with E-state index in [0.29, 0.717) is 5.41 Å². The Bertz CT molecular complexity index is 549. The van der Waals surface area contributed by atoms with Gasteiger partial charge in [0.15, 0.2) is 0 Å². The first kappa shape index (κ1) is 14.3. The van der Waals surface area contributed by atoms with Crippen molar-refractivity contribution in [1.82, 2.24) is 14.5 Å². The minimum atomic E-state index is 0.133. The molecule has 1 aromatic rings. The van der Waals surface area contributed by atoms with Gasteiger partial charge in [0.2, 0.25) is 0 Å². The highest BCUT2D eigenvalue weighted by Crippen LogP contribution is 2.60. The Kier molecular flexibility index (Phi) is 3.14. The Labute approximate surface area is 132 Å². The normalized spacial score (nSPS) is 35.9. The van der Waals surface area contributed by atoms with E-state index in [9.17, 15) is 4.79 Å². The summed E-state index contributed by atoms with van der Waals surface area (Å²) < 4.78 is 1.86. The van der Waals surface area contributed by atoms with E-state index in [0.717, 1.165) is 35.7 Å². The molecule has 0 saturated heterocycles. The van der Waals surface area contributed by atoms with E-state index in [1.165, 1.54) is 38.5 Å². The van der Waals surface area contributed by atoms with E-state index >= 15 is 0 Å². The highest BCUT2D eigenvalue weighted by Gasteiger charge is 2.51. The summed E-state index contributed by atoms with van der Waals surface area (Å²) in [5.74, 6) is 2.95. The van der Waals surface area contributed by atoms with Gasteiger partial charge in [0.25, 0.3) is 5.91 Å². The van der Waals surface area contributed by atoms with E-state index in [1.807, 2.05) is 30.5 Å². The summed E-state index contributed by atoms with van der Waals surface area (Å²) >= 11 is 0. The van der Waals surface area contributed by atoms with Crippen molar-refractivity contribution in [2.45, 2.75) is 45.4 Å². The van der Waals surface area contributed by atoms with Gasteiger partial charge in [-0.3, -0.25) is 4.79 Å². The molecule has 4 aliphatic carbocycles. The molecule has 1 heterocycles. The van der Waals surface area contributed by atoms with Crippen LogP contribution in [0.2, 0.25) is 0 Å². The third-order valence-corrected chi connectivity index (χ3v) is 6.41. The van der Waals surface area contributed by atoms with Crippen molar-refractivity contribution in [3.63, 3.8) is 0 Å². The molecule has 0 spiro atoms. The van der Waals surface area contributed by atoms with Gasteiger partial charge in [-0.25, -0.2) is 4.98 Å². The second kappa shape index (κ2) is 4.84. The first-order valence-electron chi connectivity index (χ1n) is 8.69. The molecule has 4 saturated carbocycles. The molecular formula is C18H27N3O. The van der Waals surface area contributed by atoms with Crippen LogP contribution in [0, 0.1) is 30.1 Å². The number of nitrogens with zero attached hydrogens (tertiary/aromatic N) is 3. The number of carbonyl (C=O) groups is 1. The summed E-state index contributed by atoms with van der Waals surface area (Å²) in [6.45, 7) is 2.85. The molecule has 4 aliphatic rings. The molecule has 4 fully saturated rings. The van der Waals surface area contributed by atoms with Crippen LogP contribution in [0.1, 0.15) is 54.7 Å². The van der Waals surface area contributed by atoms with Gasteiger partial charge >= 0.3 is 0 Å². The lowest BCUT2D eigenvalue weighted by atomic mass is 9.49. The quantitative estimate of drug-likeness (QED) is 0.860. The second-order valence-corrected chi connectivity index (χ2v) is 8.37. The Morgan fingerprint density at radius 2 is 1.82 bits per heavy atom. The van der Waals surface area contributed by atoms with Gasteiger partial charge in [-0.2, -0.15) is 0 Å². The van der Waals surface area contributed by atoms with E-state index in [2.05, 4.69) is 4.98 Å². The topological polar surface area (TPSA) is 38.1 Å². The van der Waals surface area contributed by atoms with Crippen molar-refractivity contribution in [1.29, 1.82) is 0 Å². The van der Waals surface area contributed by atoms with Crippen LogP contribution in [0.5, 0.6) is 0 Å². The van der Waals surface area contributed by atoms with Gasteiger partial charge in [-0.1, -0.05) is 0 Å². The first-order valence-corrected chi connectivity index (χ1v) is 8.69. The average Bonchev–Trinajstić information content (AvgIpc) is 2.75. The van der Waals surface area contributed by atoms with Crippen LogP contribution in [0.4, 0.5) is 0 Å². The molecule has 22 heavy (non-hydrogen) atoms. The molecule has 0 aliphatic heterocycles. The number of hydrogen-bond acceptors (Lipinski definition) is 2. The van der Waals surface area contributed by atoms with Crippen LogP contribution < -0.4 is 0 Å². The predicted molar refractivity (Wildman–Crippen MR) is 85.5 cm³/mol. The van der Waals surface area contributed by atoms with Gasteiger partial charge in [-0.15, -0.1) is 0 Å². The fraction of sp³-hybridized carbons (Fsp3) is 0.778. The standard InChI is InChI=1S/C18H27N3O/c1-12-16(21(3)11-19-12)17(22)20(2)10-18-7-13-4-14(8-18)6-15(5-13)9-18/h11,13-15H,4-10H2,1-3H3. The van der Waals surface area contributed by atoms with Gasteiger partial charge in [0.1, 0.15) is 5.69 Å². The molecule has 4 bridgehead atoms.